The molecule has 0 bridgehead atoms. The summed E-state index contributed by atoms with van der Waals surface area (Å²) in [5, 5.41) is 3.53. The van der Waals surface area contributed by atoms with Crippen LogP contribution >= 0.6 is 0 Å². The molecule has 4 nitrogen and oxygen atoms in total. The quantitative estimate of drug-likeness (QED) is 0.925. The molecule has 1 amide bonds. The highest BCUT2D eigenvalue weighted by molar-refractivity contribution is 5.93. The fraction of sp³-hybridized carbons (Fsp3) is 0.444. The third kappa shape index (κ3) is 2.78. The van der Waals surface area contributed by atoms with Crippen molar-refractivity contribution in [1.29, 1.82) is 0 Å². The molecule has 0 spiro atoms. The zero-order valence-corrected chi connectivity index (χ0v) is 13.0. The number of hydrogen-bond donors (Lipinski definition) is 1. The number of nitrogens with one attached hydrogen (secondary N) is 1. The standard InChI is InChI=1S/C18H21NO3/c1-11-6-5-8-14(12(11)2)19-18(21)17-10-15(20)13-7-3-4-9-16(13)22-17/h3-4,7,9-12,14H,5-6,8H2,1-2H3,(H,19,21). The second-order valence-electron chi connectivity index (χ2n) is 6.32. The number of benzene rings is 1. The van der Waals surface area contributed by atoms with Crippen molar-refractivity contribution >= 4 is 16.9 Å². The van der Waals surface area contributed by atoms with Gasteiger partial charge in [0.1, 0.15) is 5.58 Å². The average Bonchev–Trinajstić information content (AvgIpc) is 2.52. The number of hydrogen-bond acceptors (Lipinski definition) is 3. The Balaban J connectivity index is 1.85. The lowest BCUT2D eigenvalue weighted by Gasteiger charge is -2.34. The van der Waals surface area contributed by atoms with Crippen molar-refractivity contribution in [2.75, 3.05) is 0 Å². The van der Waals surface area contributed by atoms with E-state index in [1.165, 1.54) is 12.5 Å². The molecule has 22 heavy (non-hydrogen) atoms. The van der Waals surface area contributed by atoms with Gasteiger partial charge in [-0.1, -0.05) is 38.8 Å². The van der Waals surface area contributed by atoms with Crippen LogP contribution in [0.5, 0.6) is 0 Å². The van der Waals surface area contributed by atoms with Crippen molar-refractivity contribution in [2.24, 2.45) is 11.8 Å². The molecule has 1 aliphatic rings. The molecule has 0 radical (unpaired) electrons. The fourth-order valence-corrected chi connectivity index (χ4v) is 3.24. The van der Waals surface area contributed by atoms with Gasteiger partial charge in [0, 0.05) is 12.1 Å². The first-order valence-electron chi connectivity index (χ1n) is 7.90. The molecule has 116 valence electrons. The van der Waals surface area contributed by atoms with E-state index in [1.807, 2.05) is 0 Å². The monoisotopic (exact) mass is 299 g/mol. The molecule has 1 heterocycles. The predicted octanol–water partition coefficient (Wildman–Crippen LogP) is 3.35. The first kappa shape index (κ1) is 14.8. The normalized spacial score (nSPS) is 25.1. The van der Waals surface area contributed by atoms with Gasteiger partial charge in [-0.15, -0.1) is 0 Å². The maximum Gasteiger partial charge on any atom is 0.287 e. The zero-order chi connectivity index (χ0) is 15.7. The van der Waals surface area contributed by atoms with Gasteiger partial charge < -0.3 is 9.73 Å². The van der Waals surface area contributed by atoms with Gasteiger partial charge >= 0.3 is 0 Å². The summed E-state index contributed by atoms with van der Waals surface area (Å²) in [6, 6.07) is 8.41. The maximum absolute atomic E-state index is 12.4. The minimum absolute atomic E-state index is 0.0918. The molecular weight excluding hydrogens is 278 g/mol. The largest absolute Gasteiger partial charge is 0.451 e. The molecule has 1 aromatic carbocycles. The molecule has 3 atom stereocenters. The Morgan fingerprint density at radius 2 is 2.00 bits per heavy atom. The van der Waals surface area contributed by atoms with Crippen LogP contribution in [-0.4, -0.2) is 11.9 Å². The molecule has 2 aromatic rings. The molecule has 0 aliphatic heterocycles. The highest BCUT2D eigenvalue weighted by Crippen LogP contribution is 2.29. The molecule has 4 heteroatoms. The van der Waals surface area contributed by atoms with E-state index in [0.717, 1.165) is 12.8 Å². The van der Waals surface area contributed by atoms with E-state index in [2.05, 4.69) is 19.2 Å². The Morgan fingerprint density at radius 1 is 1.23 bits per heavy atom. The van der Waals surface area contributed by atoms with Crippen LogP contribution in [-0.2, 0) is 0 Å². The highest BCUT2D eigenvalue weighted by Gasteiger charge is 2.29. The van der Waals surface area contributed by atoms with Crippen molar-refractivity contribution in [2.45, 2.75) is 39.2 Å². The summed E-state index contributed by atoms with van der Waals surface area (Å²) in [4.78, 5) is 24.5. The Morgan fingerprint density at radius 3 is 2.82 bits per heavy atom. The summed E-state index contributed by atoms with van der Waals surface area (Å²) < 4.78 is 5.60. The van der Waals surface area contributed by atoms with Gasteiger partial charge in [0.2, 0.25) is 0 Å². The average molecular weight is 299 g/mol. The van der Waals surface area contributed by atoms with E-state index in [-0.39, 0.29) is 23.1 Å². The second-order valence-corrected chi connectivity index (χ2v) is 6.32. The van der Waals surface area contributed by atoms with Gasteiger partial charge in [-0.25, -0.2) is 0 Å². The van der Waals surface area contributed by atoms with Crippen LogP contribution in [0.15, 0.2) is 39.5 Å². The Hall–Kier alpha value is -2.10. The van der Waals surface area contributed by atoms with Crippen molar-refractivity contribution in [3.63, 3.8) is 0 Å². The summed E-state index contributed by atoms with van der Waals surface area (Å²) in [5.74, 6) is 0.829. The Bertz CT molecular complexity index is 749. The number of carbonyl (C=O) groups excluding carboxylic acids is 1. The third-order valence-electron chi connectivity index (χ3n) is 4.88. The summed E-state index contributed by atoms with van der Waals surface area (Å²) in [6.07, 6.45) is 3.31. The smallest absolute Gasteiger partial charge is 0.287 e. The summed E-state index contributed by atoms with van der Waals surface area (Å²) in [6.45, 7) is 4.39. The Labute approximate surface area is 129 Å². The lowest BCUT2D eigenvalue weighted by atomic mass is 9.78. The molecule has 1 fully saturated rings. The summed E-state index contributed by atoms with van der Waals surface area (Å²) in [7, 11) is 0. The SMILES string of the molecule is CC1CCCC(NC(=O)c2cc(=O)c3ccccc3o2)C1C. The molecule has 0 saturated heterocycles. The summed E-state index contributed by atoms with van der Waals surface area (Å²) >= 11 is 0. The number of amides is 1. The lowest BCUT2D eigenvalue weighted by Crippen LogP contribution is -2.43. The van der Waals surface area contributed by atoms with E-state index in [4.69, 9.17) is 4.42 Å². The zero-order valence-electron chi connectivity index (χ0n) is 13.0. The maximum atomic E-state index is 12.4. The second kappa shape index (κ2) is 5.95. The fourth-order valence-electron chi connectivity index (χ4n) is 3.24. The van der Waals surface area contributed by atoms with Crippen molar-refractivity contribution in [3.05, 3.63) is 46.3 Å². The van der Waals surface area contributed by atoms with Crippen LogP contribution in [0.3, 0.4) is 0 Å². The number of para-hydroxylation sites is 1. The van der Waals surface area contributed by atoms with Crippen molar-refractivity contribution < 1.29 is 9.21 Å². The third-order valence-corrected chi connectivity index (χ3v) is 4.88. The van der Waals surface area contributed by atoms with Gasteiger partial charge in [-0.05, 0) is 30.4 Å². The summed E-state index contributed by atoms with van der Waals surface area (Å²) in [5.41, 5.74) is 0.266. The molecule has 1 N–H and O–H groups in total. The van der Waals surface area contributed by atoms with E-state index < -0.39 is 0 Å². The minimum atomic E-state index is -0.297. The molecular formula is C18H21NO3. The van der Waals surface area contributed by atoms with E-state index >= 15 is 0 Å². The molecule has 3 rings (SSSR count). The van der Waals surface area contributed by atoms with Crippen LogP contribution < -0.4 is 10.7 Å². The van der Waals surface area contributed by atoms with Crippen LogP contribution in [0.4, 0.5) is 0 Å². The van der Waals surface area contributed by atoms with Crippen molar-refractivity contribution in [3.8, 4) is 0 Å². The number of carbonyl (C=O) groups is 1. The predicted molar refractivity (Wildman–Crippen MR) is 85.9 cm³/mol. The molecule has 3 unspecified atom stereocenters. The molecule has 1 aliphatic carbocycles. The van der Waals surface area contributed by atoms with Crippen LogP contribution in [0.25, 0.3) is 11.0 Å². The Kier molecular flexibility index (Phi) is 4.01. The first-order valence-corrected chi connectivity index (χ1v) is 7.90. The van der Waals surface area contributed by atoms with E-state index in [0.29, 0.717) is 22.8 Å². The minimum Gasteiger partial charge on any atom is -0.451 e. The molecule has 1 saturated carbocycles. The topological polar surface area (TPSA) is 59.3 Å². The lowest BCUT2D eigenvalue weighted by molar-refractivity contribution is 0.0863. The first-order chi connectivity index (χ1) is 10.6. The van der Waals surface area contributed by atoms with E-state index in [9.17, 15) is 9.59 Å². The van der Waals surface area contributed by atoms with Gasteiger partial charge in [0.25, 0.3) is 5.91 Å². The number of rotatable bonds is 2. The van der Waals surface area contributed by atoms with Crippen LogP contribution in [0.1, 0.15) is 43.7 Å². The van der Waals surface area contributed by atoms with Gasteiger partial charge in [0.15, 0.2) is 11.2 Å². The number of fused-ring (bicyclic) bond motifs is 1. The van der Waals surface area contributed by atoms with E-state index in [1.54, 1.807) is 24.3 Å². The van der Waals surface area contributed by atoms with Gasteiger partial charge in [0.05, 0.1) is 5.39 Å². The van der Waals surface area contributed by atoms with Crippen LogP contribution in [0.2, 0.25) is 0 Å². The van der Waals surface area contributed by atoms with Crippen molar-refractivity contribution in [1.82, 2.24) is 5.32 Å². The van der Waals surface area contributed by atoms with Gasteiger partial charge in [-0.3, -0.25) is 9.59 Å². The van der Waals surface area contributed by atoms with Gasteiger partial charge in [-0.2, -0.15) is 0 Å². The molecule has 1 aromatic heterocycles. The van der Waals surface area contributed by atoms with Crippen LogP contribution in [0, 0.1) is 11.8 Å². The highest BCUT2D eigenvalue weighted by atomic mass is 16.3.